The molecule has 1 heterocycles. The number of nitrogens with zero attached hydrogens (tertiary/aromatic N) is 1. The molecule has 1 aliphatic rings. The van der Waals surface area contributed by atoms with Crippen LogP contribution in [-0.4, -0.2) is 36.6 Å². The van der Waals surface area contributed by atoms with E-state index >= 15 is 0 Å². The molecular formula is C12H15ClN2O2. The molecule has 1 aromatic carbocycles. The number of carbonyl (C=O) groups excluding carboxylic acids is 1. The summed E-state index contributed by atoms with van der Waals surface area (Å²) in [6, 6.07) is 7.45. The number of hydrogen-bond donors (Lipinski definition) is 1. The third kappa shape index (κ3) is 2.77. The molecule has 1 saturated heterocycles. The van der Waals surface area contributed by atoms with Crippen molar-refractivity contribution in [2.24, 2.45) is 5.73 Å². The Labute approximate surface area is 105 Å². The zero-order chi connectivity index (χ0) is 12.3. The predicted molar refractivity (Wildman–Crippen MR) is 65.7 cm³/mol. The number of morpholine rings is 1. The first-order valence-electron chi connectivity index (χ1n) is 5.53. The van der Waals surface area contributed by atoms with E-state index in [0.717, 1.165) is 5.56 Å². The molecule has 0 saturated carbocycles. The lowest BCUT2D eigenvalue weighted by Crippen LogP contribution is -2.52. The Morgan fingerprint density at radius 1 is 1.47 bits per heavy atom. The molecule has 5 heteroatoms. The minimum Gasteiger partial charge on any atom is -0.369 e. The third-order valence-corrected chi connectivity index (χ3v) is 3.24. The van der Waals surface area contributed by atoms with Crippen LogP contribution in [0, 0.1) is 0 Å². The first kappa shape index (κ1) is 12.4. The van der Waals surface area contributed by atoms with E-state index in [1.807, 2.05) is 24.3 Å². The van der Waals surface area contributed by atoms with Crippen LogP contribution in [-0.2, 0) is 16.1 Å². The number of benzene rings is 1. The Hall–Kier alpha value is -1.10. The van der Waals surface area contributed by atoms with Gasteiger partial charge in [0, 0.05) is 18.1 Å². The first-order valence-corrected chi connectivity index (χ1v) is 5.91. The lowest BCUT2D eigenvalue weighted by atomic mass is 10.1. The molecule has 0 aliphatic carbocycles. The number of nitrogens with two attached hydrogens (primary N) is 1. The minimum atomic E-state index is -0.0625. The van der Waals surface area contributed by atoms with Crippen LogP contribution < -0.4 is 5.73 Å². The molecule has 1 unspecified atom stereocenters. The maximum atomic E-state index is 11.8. The Morgan fingerprint density at radius 3 is 2.94 bits per heavy atom. The highest BCUT2D eigenvalue weighted by Crippen LogP contribution is 2.19. The Morgan fingerprint density at radius 2 is 2.24 bits per heavy atom. The number of ether oxygens (including phenoxy) is 1. The van der Waals surface area contributed by atoms with Gasteiger partial charge in [-0.05, 0) is 11.6 Å². The van der Waals surface area contributed by atoms with E-state index in [1.165, 1.54) is 0 Å². The summed E-state index contributed by atoms with van der Waals surface area (Å²) < 4.78 is 5.18. The molecule has 2 N–H and O–H groups in total. The van der Waals surface area contributed by atoms with E-state index < -0.39 is 0 Å². The van der Waals surface area contributed by atoms with Gasteiger partial charge in [-0.3, -0.25) is 4.79 Å². The van der Waals surface area contributed by atoms with Gasteiger partial charge in [-0.2, -0.15) is 0 Å². The van der Waals surface area contributed by atoms with Crippen LogP contribution in [0.1, 0.15) is 5.56 Å². The number of amides is 1. The average Bonchev–Trinajstić information content (AvgIpc) is 2.34. The lowest BCUT2D eigenvalue weighted by molar-refractivity contribution is -0.148. The molecule has 92 valence electrons. The lowest BCUT2D eigenvalue weighted by Gasteiger charge is -2.35. The summed E-state index contributed by atoms with van der Waals surface area (Å²) in [5, 5.41) is 0.669. The standard InChI is InChI=1S/C12H15ClN2O2/c13-11-4-2-1-3-9(11)6-15-10(5-14)7-17-8-12(15)16/h1-4,10H,5-8,14H2. The molecule has 1 atom stereocenters. The summed E-state index contributed by atoms with van der Waals surface area (Å²) in [7, 11) is 0. The van der Waals surface area contributed by atoms with Crippen LogP contribution in [0.4, 0.5) is 0 Å². The van der Waals surface area contributed by atoms with Crippen molar-refractivity contribution in [1.82, 2.24) is 4.90 Å². The van der Waals surface area contributed by atoms with E-state index in [4.69, 9.17) is 22.1 Å². The van der Waals surface area contributed by atoms with Crippen LogP contribution >= 0.6 is 11.6 Å². The monoisotopic (exact) mass is 254 g/mol. The normalized spacial score (nSPS) is 20.7. The Balaban J connectivity index is 2.15. The van der Waals surface area contributed by atoms with Crippen molar-refractivity contribution < 1.29 is 9.53 Å². The van der Waals surface area contributed by atoms with Gasteiger partial charge in [-0.1, -0.05) is 29.8 Å². The Bertz CT molecular complexity index is 411. The van der Waals surface area contributed by atoms with Crippen molar-refractivity contribution in [2.45, 2.75) is 12.6 Å². The second-order valence-electron chi connectivity index (χ2n) is 4.02. The van der Waals surface area contributed by atoms with Gasteiger partial charge in [0.2, 0.25) is 5.91 Å². The maximum absolute atomic E-state index is 11.8. The summed E-state index contributed by atoms with van der Waals surface area (Å²) >= 11 is 6.08. The fourth-order valence-corrected chi connectivity index (χ4v) is 2.08. The van der Waals surface area contributed by atoms with Crippen LogP contribution in [0.2, 0.25) is 5.02 Å². The van der Waals surface area contributed by atoms with E-state index in [1.54, 1.807) is 4.90 Å². The van der Waals surface area contributed by atoms with Gasteiger partial charge in [0.15, 0.2) is 0 Å². The second kappa shape index (κ2) is 5.49. The molecule has 1 aliphatic heterocycles. The van der Waals surface area contributed by atoms with E-state index in [2.05, 4.69) is 0 Å². The van der Waals surface area contributed by atoms with Crippen LogP contribution in [0.15, 0.2) is 24.3 Å². The zero-order valence-electron chi connectivity index (χ0n) is 9.43. The molecule has 0 bridgehead atoms. The van der Waals surface area contributed by atoms with Gasteiger partial charge in [0.1, 0.15) is 6.61 Å². The smallest absolute Gasteiger partial charge is 0.249 e. The summed E-state index contributed by atoms with van der Waals surface area (Å²) in [5.41, 5.74) is 6.57. The topological polar surface area (TPSA) is 55.6 Å². The summed E-state index contributed by atoms with van der Waals surface area (Å²) in [4.78, 5) is 13.5. The Kier molecular flexibility index (Phi) is 3.99. The fourth-order valence-electron chi connectivity index (χ4n) is 1.88. The highest BCUT2D eigenvalue weighted by molar-refractivity contribution is 6.31. The molecule has 4 nitrogen and oxygen atoms in total. The SMILES string of the molecule is NCC1COCC(=O)N1Cc1ccccc1Cl. The predicted octanol–water partition coefficient (Wildman–Crippen LogP) is 1.03. The van der Waals surface area contributed by atoms with E-state index in [9.17, 15) is 4.79 Å². The van der Waals surface area contributed by atoms with E-state index in [0.29, 0.717) is 24.7 Å². The fraction of sp³-hybridized carbons (Fsp3) is 0.417. The quantitative estimate of drug-likeness (QED) is 0.877. The molecule has 1 aromatic rings. The van der Waals surface area contributed by atoms with Crippen LogP contribution in [0.3, 0.4) is 0 Å². The van der Waals surface area contributed by atoms with Crippen molar-refractivity contribution in [3.05, 3.63) is 34.9 Å². The van der Waals surface area contributed by atoms with Crippen LogP contribution in [0.25, 0.3) is 0 Å². The maximum Gasteiger partial charge on any atom is 0.249 e. The molecule has 1 amide bonds. The van der Waals surface area contributed by atoms with Crippen molar-refractivity contribution >= 4 is 17.5 Å². The molecular weight excluding hydrogens is 240 g/mol. The van der Waals surface area contributed by atoms with Crippen molar-refractivity contribution in [1.29, 1.82) is 0 Å². The number of hydrogen-bond acceptors (Lipinski definition) is 3. The van der Waals surface area contributed by atoms with Gasteiger partial charge in [-0.25, -0.2) is 0 Å². The van der Waals surface area contributed by atoms with Crippen molar-refractivity contribution in [2.75, 3.05) is 19.8 Å². The number of carbonyl (C=O) groups is 1. The summed E-state index contributed by atoms with van der Waals surface area (Å²) in [5.74, 6) is -0.0355. The molecule has 0 aromatic heterocycles. The highest BCUT2D eigenvalue weighted by Gasteiger charge is 2.27. The average molecular weight is 255 g/mol. The molecule has 17 heavy (non-hydrogen) atoms. The highest BCUT2D eigenvalue weighted by atomic mass is 35.5. The van der Waals surface area contributed by atoms with E-state index in [-0.39, 0.29) is 18.6 Å². The molecule has 1 fully saturated rings. The van der Waals surface area contributed by atoms with Gasteiger partial charge in [0.05, 0.1) is 12.6 Å². The second-order valence-corrected chi connectivity index (χ2v) is 4.42. The van der Waals surface area contributed by atoms with Gasteiger partial charge in [0.25, 0.3) is 0 Å². The number of rotatable bonds is 3. The molecule has 0 radical (unpaired) electrons. The summed E-state index contributed by atoms with van der Waals surface area (Å²) in [6.45, 7) is 1.51. The van der Waals surface area contributed by atoms with Gasteiger partial charge >= 0.3 is 0 Å². The first-order chi connectivity index (χ1) is 8.22. The minimum absolute atomic E-state index is 0.0355. The number of halogens is 1. The van der Waals surface area contributed by atoms with Crippen molar-refractivity contribution in [3.8, 4) is 0 Å². The zero-order valence-corrected chi connectivity index (χ0v) is 10.2. The third-order valence-electron chi connectivity index (χ3n) is 2.87. The van der Waals surface area contributed by atoms with Gasteiger partial charge in [-0.15, -0.1) is 0 Å². The molecule has 0 spiro atoms. The largest absolute Gasteiger partial charge is 0.369 e. The molecule has 2 rings (SSSR count). The summed E-state index contributed by atoms with van der Waals surface area (Å²) in [6.07, 6.45) is 0. The van der Waals surface area contributed by atoms with Crippen LogP contribution in [0.5, 0.6) is 0 Å². The van der Waals surface area contributed by atoms with Crippen molar-refractivity contribution in [3.63, 3.8) is 0 Å². The van der Waals surface area contributed by atoms with Gasteiger partial charge < -0.3 is 15.4 Å².